The van der Waals surface area contributed by atoms with Crippen LogP contribution >= 0.6 is 22.6 Å². The fourth-order valence-corrected chi connectivity index (χ4v) is 3.40. The van der Waals surface area contributed by atoms with Crippen LogP contribution in [-0.2, 0) is 4.79 Å². The minimum Gasteiger partial charge on any atom is -0.325 e. The molecule has 2 aliphatic rings. The van der Waals surface area contributed by atoms with E-state index in [2.05, 4.69) is 50.2 Å². The Morgan fingerprint density at radius 3 is 3.19 bits per heavy atom. The van der Waals surface area contributed by atoms with Crippen molar-refractivity contribution in [3.63, 3.8) is 0 Å². The summed E-state index contributed by atoms with van der Waals surface area (Å²) in [6.07, 6.45) is 8.94. The third-order valence-electron chi connectivity index (χ3n) is 3.91. The number of halogens is 1. The van der Waals surface area contributed by atoms with Gasteiger partial charge < -0.3 is 5.32 Å². The molecule has 1 aliphatic heterocycles. The first-order valence-corrected chi connectivity index (χ1v) is 7.83. The van der Waals surface area contributed by atoms with Gasteiger partial charge in [-0.1, -0.05) is 18.2 Å². The molecule has 21 heavy (non-hydrogen) atoms. The van der Waals surface area contributed by atoms with Crippen molar-refractivity contribution >= 4 is 45.5 Å². The van der Waals surface area contributed by atoms with Crippen molar-refractivity contribution in [3.8, 4) is 0 Å². The Bertz CT molecular complexity index is 844. The molecule has 0 bridgehead atoms. The molecule has 0 radical (unpaired) electrons. The molecule has 1 unspecified atom stereocenters. The molecule has 2 heterocycles. The second-order valence-electron chi connectivity index (χ2n) is 5.21. The summed E-state index contributed by atoms with van der Waals surface area (Å²) in [4.78, 5) is 12.2. The molecular formula is C16H12IN3O. The van der Waals surface area contributed by atoms with Gasteiger partial charge in [0.25, 0.3) is 5.91 Å². The third kappa shape index (κ3) is 2.12. The molecule has 0 saturated carbocycles. The van der Waals surface area contributed by atoms with Crippen molar-refractivity contribution in [3.05, 3.63) is 57.0 Å². The van der Waals surface area contributed by atoms with Crippen LogP contribution < -0.4 is 5.32 Å². The SMILES string of the molecule is O=C1NC2=CC=CCC2C1=Cc1ccc2n[nH]c(I)c2c1. The number of benzene rings is 1. The van der Waals surface area contributed by atoms with E-state index in [9.17, 15) is 4.79 Å². The second-order valence-corrected chi connectivity index (χ2v) is 6.29. The highest BCUT2D eigenvalue weighted by atomic mass is 127. The number of H-pyrrole nitrogens is 1. The van der Waals surface area contributed by atoms with Crippen molar-refractivity contribution in [1.29, 1.82) is 0 Å². The highest BCUT2D eigenvalue weighted by Gasteiger charge is 2.32. The summed E-state index contributed by atoms with van der Waals surface area (Å²) in [5.41, 5.74) is 3.82. The first-order valence-electron chi connectivity index (χ1n) is 6.75. The predicted molar refractivity (Wildman–Crippen MR) is 90.3 cm³/mol. The molecule has 1 aliphatic carbocycles. The summed E-state index contributed by atoms with van der Waals surface area (Å²) < 4.78 is 1.01. The zero-order valence-electron chi connectivity index (χ0n) is 11.1. The maximum Gasteiger partial charge on any atom is 0.252 e. The average Bonchev–Trinajstić information content (AvgIpc) is 3.01. The molecule has 1 saturated heterocycles. The second kappa shape index (κ2) is 4.84. The Morgan fingerprint density at radius 2 is 2.29 bits per heavy atom. The van der Waals surface area contributed by atoms with Crippen LogP contribution in [0.2, 0.25) is 0 Å². The van der Waals surface area contributed by atoms with E-state index in [1.807, 2.05) is 30.4 Å². The minimum atomic E-state index is 0.0111. The van der Waals surface area contributed by atoms with Crippen molar-refractivity contribution in [2.24, 2.45) is 5.92 Å². The lowest BCUT2D eigenvalue weighted by atomic mass is 9.91. The minimum absolute atomic E-state index is 0.0111. The molecule has 5 heteroatoms. The number of nitrogens with zero attached hydrogens (tertiary/aromatic N) is 1. The first-order chi connectivity index (χ1) is 10.2. The maximum atomic E-state index is 12.2. The zero-order valence-corrected chi connectivity index (χ0v) is 13.2. The van der Waals surface area contributed by atoms with E-state index in [1.165, 1.54) is 0 Å². The van der Waals surface area contributed by atoms with Crippen LogP contribution in [0.4, 0.5) is 0 Å². The molecule has 4 rings (SSSR count). The first kappa shape index (κ1) is 12.8. The lowest BCUT2D eigenvalue weighted by Gasteiger charge is -2.11. The Hall–Kier alpha value is -1.89. The molecular weight excluding hydrogens is 377 g/mol. The molecule has 2 N–H and O–H groups in total. The Balaban J connectivity index is 1.78. The van der Waals surface area contributed by atoms with E-state index in [-0.39, 0.29) is 11.8 Å². The van der Waals surface area contributed by atoms with Gasteiger partial charge in [-0.05, 0) is 58.9 Å². The Kier molecular flexibility index (Phi) is 2.95. The standard InChI is InChI=1S/C16H12IN3O/c17-15-12-8-9(5-6-14(12)19-20-15)7-11-10-3-1-2-4-13(10)18-16(11)21/h1-2,4-8,10H,3H2,(H,18,21)(H,19,20). The lowest BCUT2D eigenvalue weighted by Crippen LogP contribution is -2.13. The van der Waals surface area contributed by atoms with Gasteiger partial charge in [0.1, 0.15) is 3.70 Å². The number of allylic oxidation sites excluding steroid dienone is 4. The molecule has 104 valence electrons. The molecule has 1 amide bonds. The van der Waals surface area contributed by atoms with Crippen molar-refractivity contribution < 1.29 is 4.79 Å². The van der Waals surface area contributed by atoms with Gasteiger partial charge in [-0.15, -0.1) is 0 Å². The van der Waals surface area contributed by atoms with Crippen molar-refractivity contribution in [1.82, 2.24) is 15.5 Å². The summed E-state index contributed by atoms with van der Waals surface area (Å²) in [6.45, 7) is 0. The van der Waals surface area contributed by atoms with E-state index < -0.39 is 0 Å². The van der Waals surface area contributed by atoms with Gasteiger partial charge in [-0.3, -0.25) is 9.89 Å². The lowest BCUT2D eigenvalue weighted by molar-refractivity contribution is -0.115. The summed E-state index contributed by atoms with van der Waals surface area (Å²) in [6, 6.07) is 6.05. The number of nitrogens with one attached hydrogen (secondary N) is 2. The van der Waals surface area contributed by atoms with Crippen LogP contribution in [0.1, 0.15) is 12.0 Å². The Labute approximate surface area is 135 Å². The van der Waals surface area contributed by atoms with Gasteiger partial charge in [0.2, 0.25) is 0 Å². The fourth-order valence-electron chi connectivity index (χ4n) is 2.85. The molecule has 1 aromatic carbocycles. The maximum absolute atomic E-state index is 12.2. The summed E-state index contributed by atoms with van der Waals surface area (Å²) in [7, 11) is 0. The van der Waals surface area contributed by atoms with Crippen LogP contribution in [0.5, 0.6) is 0 Å². The van der Waals surface area contributed by atoms with E-state index in [0.29, 0.717) is 0 Å². The van der Waals surface area contributed by atoms with Gasteiger partial charge in [0, 0.05) is 22.6 Å². The molecule has 1 fully saturated rings. The van der Waals surface area contributed by atoms with Crippen LogP contribution in [0.3, 0.4) is 0 Å². The van der Waals surface area contributed by atoms with Crippen LogP contribution in [0.25, 0.3) is 17.0 Å². The highest BCUT2D eigenvalue weighted by molar-refractivity contribution is 14.1. The van der Waals surface area contributed by atoms with E-state index in [4.69, 9.17) is 0 Å². The topological polar surface area (TPSA) is 57.8 Å². The molecule has 1 aromatic heterocycles. The number of carbonyl (C=O) groups excluding carboxylic acids is 1. The number of aromatic amines is 1. The van der Waals surface area contributed by atoms with Crippen LogP contribution in [0.15, 0.2) is 47.7 Å². The monoisotopic (exact) mass is 389 g/mol. The quantitative estimate of drug-likeness (QED) is 0.582. The summed E-state index contributed by atoms with van der Waals surface area (Å²) in [5, 5.41) is 11.2. The molecule has 1 atom stereocenters. The van der Waals surface area contributed by atoms with Crippen LogP contribution in [-0.4, -0.2) is 16.1 Å². The zero-order chi connectivity index (χ0) is 14.4. The largest absolute Gasteiger partial charge is 0.325 e. The van der Waals surface area contributed by atoms with Crippen molar-refractivity contribution in [2.75, 3.05) is 0 Å². The molecule has 4 nitrogen and oxygen atoms in total. The predicted octanol–water partition coefficient (Wildman–Crippen LogP) is 3.14. The number of rotatable bonds is 1. The Morgan fingerprint density at radius 1 is 1.38 bits per heavy atom. The summed E-state index contributed by atoms with van der Waals surface area (Å²) >= 11 is 2.23. The van der Waals surface area contributed by atoms with Crippen LogP contribution in [0, 0.1) is 9.62 Å². The number of carbonyl (C=O) groups is 1. The van der Waals surface area contributed by atoms with E-state index in [1.54, 1.807) is 0 Å². The summed E-state index contributed by atoms with van der Waals surface area (Å²) in [5.74, 6) is 0.179. The fraction of sp³-hybridized carbons (Fsp3) is 0.125. The molecule has 0 spiro atoms. The van der Waals surface area contributed by atoms with E-state index in [0.717, 1.165) is 37.9 Å². The third-order valence-corrected chi connectivity index (χ3v) is 4.73. The van der Waals surface area contributed by atoms with Gasteiger partial charge >= 0.3 is 0 Å². The van der Waals surface area contributed by atoms with Gasteiger partial charge in [0.05, 0.1) is 5.52 Å². The van der Waals surface area contributed by atoms with Gasteiger partial charge in [-0.2, -0.15) is 5.10 Å². The number of hydrogen-bond acceptors (Lipinski definition) is 2. The normalized spacial score (nSPS) is 22.5. The van der Waals surface area contributed by atoms with Gasteiger partial charge in [0.15, 0.2) is 0 Å². The number of amides is 1. The van der Waals surface area contributed by atoms with Crippen molar-refractivity contribution in [2.45, 2.75) is 6.42 Å². The number of fused-ring (bicyclic) bond motifs is 2. The highest BCUT2D eigenvalue weighted by Crippen LogP contribution is 2.33. The smallest absolute Gasteiger partial charge is 0.252 e. The molecule has 2 aromatic rings. The number of aromatic nitrogens is 2. The number of hydrogen-bond donors (Lipinski definition) is 2. The van der Waals surface area contributed by atoms with Gasteiger partial charge in [-0.25, -0.2) is 0 Å². The average molecular weight is 389 g/mol. The van der Waals surface area contributed by atoms with E-state index >= 15 is 0 Å².